The number of hydrogen-bond donors (Lipinski definition) is 2. The van der Waals surface area contributed by atoms with Gasteiger partial charge in [0.1, 0.15) is 5.75 Å². The number of piperazine rings is 1. The van der Waals surface area contributed by atoms with Crippen LogP contribution in [0.25, 0.3) is 10.8 Å². The van der Waals surface area contributed by atoms with Crippen LogP contribution in [0.15, 0.2) is 36.4 Å². The smallest absolute Gasteiger partial charge is 0.389 e. The van der Waals surface area contributed by atoms with Crippen molar-refractivity contribution in [1.82, 2.24) is 10.2 Å². The van der Waals surface area contributed by atoms with Crippen LogP contribution in [0, 0.1) is 0 Å². The number of aromatic hydroxyl groups is 1. The highest BCUT2D eigenvalue weighted by atomic mass is 35.5. The van der Waals surface area contributed by atoms with E-state index < -0.39 is 12.6 Å². The number of fused-ring (bicyclic) bond motifs is 1. The van der Waals surface area contributed by atoms with E-state index in [0.717, 1.165) is 42.5 Å². The van der Waals surface area contributed by atoms with Gasteiger partial charge in [-0.2, -0.15) is 13.2 Å². The topological polar surface area (TPSA) is 35.5 Å². The van der Waals surface area contributed by atoms with Gasteiger partial charge < -0.3 is 10.4 Å². The Bertz CT molecular complexity index is 702. The molecule has 0 aromatic heterocycles. The van der Waals surface area contributed by atoms with Gasteiger partial charge in [0, 0.05) is 38.6 Å². The lowest BCUT2D eigenvalue weighted by molar-refractivity contribution is -0.138. The summed E-state index contributed by atoms with van der Waals surface area (Å²) in [5, 5.41) is 14.6. The molecule has 7 heteroatoms. The molecule has 1 aliphatic rings. The third-order valence-corrected chi connectivity index (χ3v) is 4.53. The molecule has 1 heterocycles. The van der Waals surface area contributed by atoms with Gasteiger partial charge in [-0.15, -0.1) is 12.4 Å². The normalized spacial score (nSPS) is 17.2. The average molecular weight is 375 g/mol. The SMILES string of the molecule is Cl.Oc1ccc2cc([C@@H](CCC(F)(F)F)N3CCNCC3)ccc2c1. The first-order chi connectivity index (χ1) is 11.4. The molecule has 1 fully saturated rings. The first kappa shape index (κ1) is 19.8. The molecule has 138 valence electrons. The van der Waals surface area contributed by atoms with Gasteiger partial charge in [-0.3, -0.25) is 4.90 Å². The molecule has 0 unspecified atom stereocenters. The maximum atomic E-state index is 12.7. The molecule has 0 amide bonds. The zero-order valence-corrected chi connectivity index (χ0v) is 14.5. The summed E-state index contributed by atoms with van der Waals surface area (Å²) in [6.45, 7) is 3.08. The van der Waals surface area contributed by atoms with Crippen LogP contribution in [0.3, 0.4) is 0 Å². The van der Waals surface area contributed by atoms with E-state index >= 15 is 0 Å². The molecule has 0 radical (unpaired) electrons. The molecule has 2 N–H and O–H groups in total. The summed E-state index contributed by atoms with van der Waals surface area (Å²) in [5.74, 6) is 0.186. The van der Waals surface area contributed by atoms with Crippen molar-refractivity contribution in [1.29, 1.82) is 0 Å². The maximum Gasteiger partial charge on any atom is 0.389 e. The maximum absolute atomic E-state index is 12.7. The van der Waals surface area contributed by atoms with Crippen LogP contribution < -0.4 is 5.32 Å². The molecule has 3 rings (SSSR count). The van der Waals surface area contributed by atoms with Gasteiger partial charge in [0.2, 0.25) is 0 Å². The molecule has 0 saturated carbocycles. The zero-order chi connectivity index (χ0) is 17.2. The molecule has 3 nitrogen and oxygen atoms in total. The molecule has 2 aromatic carbocycles. The minimum absolute atomic E-state index is 0. The Hall–Kier alpha value is -1.50. The van der Waals surface area contributed by atoms with Crippen molar-refractivity contribution in [3.8, 4) is 5.75 Å². The van der Waals surface area contributed by atoms with E-state index in [4.69, 9.17) is 0 Å². The second-order valence-corrected chi connectivity index (χ2v) is 6.25. The Morgan fingerprint density at radius 2 is 1.68 bits per heavy atom. The fourth-order valence-corrected chi connectivity index (χ4v) is 3.31. The van der Waals surface area contributed by atoms with Crippen LogP contribution in [-0.4, -0.2) is 42.4 Å². The van der Waals surface area contributed by atoms with E-state index in [2.05, 4.69) is 10.2 Å². The summed E-state index contributed by atoms with van der Waals surface area (Å²) in [6.07, 6.45) is -4.86. The molecular weight excluding hydrogens is 353 g/mol. The van der Waals surface area contributed by atoms with Gasteiger partial charge in [0.05, 0.1) is 0 Å². The Kier molecular flexibility index (Phi) is 6.54. The predicted molar refractivity (Wildman–Crippen MR) is 95.3 cm³/mol. The van der Waals surface area contributed by atoms with Crippen molar-refractivity contribution in [3.05, 3.63) is 42.0 Å². The molecule has 1 atom stereocenters. The van der Waals surface area contributed by atoms with Gasteiger partial charge in [-0.05, 0) is 41.0 Å². The summed E-state index contributed by atoms with van der Waals surface area (Å²) in [6, 6.07) is 10.5. The minimum atomic E-state index is -4.14. The highest BCUT2D eigenvalue weighted by Crippen LogP contribution is 2.33. The number of nitrogens with zero attached hydrogens (tertiary/aromatic N) is 1. The fourth-order valence-electron chi connectivity index (χ4n) is 3.31. The molecule has 1 saturated heterocycles. The quantitative estimate of drug-likeness (QED) is 0.839. The van der Waals surface area contributed by atoms with E-state index in [1.807, 2.05) is 18.2 Å². The second-order valence-electron chi connectivity index (χ2n) is 6.25. The van der Waals surface area contributed by atoms with E-state index in [0.29, 0.717) is 0 Å². The van der Waals surface area contributed by atoms with Gasteiger partial charge >= 0.3 is 6.18 Å². The molecule has 0 aliphatic carbocycles. The van der Waals surface area contributed by atoms with Gasteiger partial charge in [0.15, 0.2) is 0 Å². The van der Waals surface area contributed by atoms with Gasteiger partial charge in [-0.25, -0.2) is 0 Å². The number of phenolic OH excluding ortho intramolecular Hbond substituents is 1. The predicted octanol–water partition coefficient (Wildman–Crippen LogP) is 4.26. The largest absolute Gasteiger partial charge is 0.508 e. The number of hydrogen-bond acceptors (Lipinski definition) is 3. The lowest BCUT2D eigenvalue weighted by Gasteiger charge is -2.35. The van der Waals surface area contributed by atoms with Crippen molar-refractivity contribution < 1.29 is 18.3 Å². The lowest BCUT2D eigenvalue weighted by Crippen LogP contribution is -2.45. The summed E-state index contributed by atoms with van der Waals surface area (Å²) >= 11 is 0. The summed E-state index contributed by atoms with van der Waals surface area (Å²) in [7, 11) is 0. The minimum Gasteiger partial charge on any atom is -0.508 e. The van der Waals surface area contributed by atoms with E-state index in [9.17, 15) is 18.3 Å². The second kappa shape index (κ2) is 8.25. The highest BCUT2D eigenvalue weighted by molar-refractivity contribution is 5.85. The van der Waals surface area contributed by atoms with Crippen molar-refractivity contribution in [3.63, 3.8) is 0 Å². The molecule has 0 spiro atoms. The first-order valence-corrected chi connectivity index (χ1v) is 8.16. The number of rotatable bonds is 4. The third-order valence-electron chi connectivity index (χ3n) is 4.53. The summed E-state index contributed by atoms with van der Waals surface area (Å²) in [5.41, 5.74) is 0.902. The number of halogens is 4. The van der Waals surface area contributed by atoms with Gasteiger partial charge in [-0.1, -0.05) is 18.2 Å². The summed E-state index contributed by atoms with van der Waals surface area (Å²) in [4.78, 5) is 2.13. The number of phenols is 1. The molecule has 25 heavy (non-hydrogen) atoms. The Balaban J connectivity index is 0.00000225. The van der Waals surface area contributed by atoms with Crippen molar-refractivity contribution in [2.24, 2.45) is 0 Å². The number of nitrogens with one attached hydrogen (secondary N) is 1. The fraction of sp³-hybridized carbons (Fsp3) is 0.444. The monoisotopic (exact) mass is 374 g/mol. The van der Waals surface area contributed by atoms with E-state index in [1.165, 1.54) is 0 Å². The number of alkyl halides is 3. The van der Waals surface area contributed by atoms with Crippen LogP contribution in [0.2, 0.25) is 0 Å². The third kappa shape index (κ3) is 5.23. The first-order valence-electron chi connectivity index (χ1n) is 8.16. The van der Waals surface area contributed by atoms with Crippen LogP contribution in [0.4, 0.5) is 13.2 Å². The van der Waals surface area contributed by atoms with Crippen molar-refractivity contribution >= 4 is 23.2 Å². The highest BCUT2D eigenvalue weighted by Gasteiger charge is 2.31. The average Bonchev–Trinajstić information content (AvgIpc) is 2.55. The van der Waals surface area contributed by atoms with E-state index in [-0.39, 0.29) is 30.6 Å². The van der Waals surface area contributed by atoms with Crippen LogP contribution >= 0.6 is 12.4 Å². The Morgan fingerprint density at radius 1 is 1.04 bits per heavy atom. The Morgan fingerprint density at radius 3 is 2.36 bits per heavy atom. The van der Waals surface area contributed by atoms with E-state index in [1.54, 1.807) is 18.2 Å². The molecular formula is C18H22ClF3N2O. The molecule has 0 bridgehead atoms. The molecule has 2 aromatic rings. The molecule has 1 aliphatic heterocycles. The van der Waals surface area contributed by atoms with Gasteiger partial charge in [0.25, 0.3) is 0 Å². The standard InChI is InChI=1S/C18H21F3N2O.ClH/c19-18(20,21)6-5-17(23-9-7-22-8-10-23)15-2-1-14-12-16(24)4-3-13(14)11-15;/h1-4,11-12,17,22,24H,5-10H2;1H/t17-;/m1./s1. The van der Waals surface area contributed by atoms with Crippen LogP contribution in [-0.2, 0) is 0 Å². The van der Waals surface area contributed by atoms with Crippen LogP contribution in [0.1, 0.15) is 24.4 Å². The van der Waals surface area contributed by atoms with Crippen molar-refractivity contribution in [2.45, 2.75) is 25.1 Å². The van der Waals surface area contributed by atoms with Crippen LogP contribution in [0.5, 0.6) is 5.75 Å². The number of benzene rings is 2. The lowest BCUT2D eigenvalue weighted by atomic mass is 9.96. The summed E-state index contributed by atoms with van der Waals surface area (Å²) < 4.78 is 38.2. The zero-order valence-electron chi connectivity index (χ0n) is 13.7. The van der Waals surface area contributed by atoms with Crippen molar-refractivity contribution in [2.75, 3.05) is 26.2 Å². The Labute approximate surface area is 151 Å².